The minimum atomic E-state index is 0.604. The first-order valence-corrected chi connectivity index (χ1v) is 8.28. The Kier molecular flexibility index (Phi) is 4.45. The summed E-state index contributed by atoms with van der Waals surface area (Å²) >= 11 is 5.95. The largest absolute Gasteiger partial charge is 0.312 e. The standard InChI is InChI=1S/C16H23ClN4/c1-12-5-6-14-16(18-12)21(15(19-14)7-8-17)11-13-4-3-9-20(2)10-13/h5-6,13H,3-4,7-11H2,1-2H3. The number of nitrogens with zero attached hydrogens (tertiary/aromatic N) is 4. The third kappa shape index (κ3) is 3.22. The van der Waals surface area contributed by atoms with E-state index in [2.05, 4.69) is 22.6 Å². The average Bonchev–Trinajstić information content (AvgIpc) is 2.77. The van der Waals surface area contributed by atoms with Crippen LogP contribution >= 0.6 is 11.6 Å². The number of piperidine rings is 1. The molecular weight excluding hydrogens is 284 g/mol. The molecule has 0 aromatic carbocycles. The van der Waals surface area contributed by atoms with Gasteiger partial charge >= 0.3 is 0 Å². The molecule has 0 radical (unpaired) electrons. The first-order valence-electron chi connectivity index (χ1n) is 7.74. The van der Waals surface area contributed by atoms with Crippen LogP contribution in [-0.2, 0) is 13.0 Å². The molecule has 0 amide bonds. The van der Waals surface area contributed by atoms with E-state index in [0.717, 1.165) is 42.2 Å². The first kappa shape index (κ1) is 14.8. The van der Waals surface area contributed by atoms with Gasteiger partial charge in [0, 0.05) is 31.1 Å². The van der Waals surface area contributed by atoms with Crippen molar-refractivity contribution in [2.75, 3.05) is 26.0 Å². The number of imidazole rings is 1. The van der Waals surface area contributed by atoms with Crippen molar-refractivity contribution in [3.05, 3.63) is 23.7 Å². The zero-order chi connectivity index (χ0) is 14.8. The van der Waals surface area contributed by atoms with Gasteiger partial charge in [-0.05, 0) is 51.4 Å². The van der Waals surface area contributed by atoms with E-state index in [1.165, 1.54) is 19.4 Å². The molecule has 0 saturated carbocycles. The van der Waals surface area contributed by atoms with Crippen LogP contribution < -0.4 is 0 Å². The van der Waals surface area contributed by atoms with Gasteiger partial charge in [0.05, 0.1) is 0 Å². The zero-order valence-electron chi connectivity index (χ0n) is 12.8. The SMILES string of the molecule is Cc1ccc2nc(CCCl)n(CC3CCCN(C)C3)c2n1. The van der Waals surface area contributed by atoms with Crippen LogP contribution in [0.2, 0.25) is 0 Å². The van der Waals surface area contributed by atoms with Gasteiger partial charge in [0.25, 0.3) is 0 Å². The third-order valence-corrected chi connectivity index (χ3v) is 4.48. The van der Waals surface area contributed by atoms with E-state index >= 15 is 0 Å². The molecule has 5 heteroatoms. The minimum Gasteiger partial charge on any atom is -0.312 e. The summed E-state index contributed by atoms with van der Waals surface area (Å²) in [5.41, 5.74) is 3.05. The molecule has 3 rings (SSSR count). The van der Waals surface area contributed by atoms with Crippen molar-refractivity contribution >= 4 is 22.8 Å². The van der Waals surface area contributed by atoms with Crippen LogP contribution in [0.15, 0.2) is 12.1 Å². The van der Waals surface area contributed by atoms with Gasteiger partial charge in [0.15, 0.2) is 5.65 Å². The molecule has 0 aliphatic carbocycles. The second-order valence-electron chi connectivity index (χ2n) is 6.14. The second-order valence-corrected chi connectivity index (χ2v) is 6.52. The quantitative estimate of drug-likeness (QED) is 0.815. The number of fused-ring (bicyclic) bond motifs is 1. The lowest BCUT2D eigenvalue weighted by molar-refractivity contribution is 0.194. The molecular formula is C16H23ClN4. The lowest BCUT2D eigenvalue weighted by atomic mass is 9.98. The van der Waals surface area contributed by atoms with Crippen molar-refractivity contribution < 1.29 is 0 Å². The Hall–Kier alpha value is -1.13. The fourth-order valence-corrected chi connectivity index (χ4v) is 3.46. The van der Waals surface area contributed by atoms with E-state index in [1.807, 2.05) is 13.0 Å². The van der Waals surface area contributed by atoms with Crippen molar-refractivity contribution in [3.8, 4) is 0 Å². The highest BCUT2D eigenvalue weighted by Gasteiger charge is 2.20. The summed E-state index contributed by atoms with van der Waals surface area (Å²) < 4.78 is 2.30. The van der Waals surface area contributed by atoms with Gasteiger partial charge in [0.2, 0.25) is 0 Å². The summed E-state index contributed by atoms with van der Waals surface area (Å²) in [6, 6.07) is 4.09. The average molecular weight is 307 g/mol. The molecule has 0 N–H and O–H groups in total. The highest BCUT2D eigenvalue weighted by atomic mass is 35.5. The summed E-state index contributed by atoms with van der Waals surface area (Å²) in [5.74, 6) is 2.36. The maximum absolute atomic E-state index is 5.95. The van der Waals surface area contributed by atoms with E-state index in [1.54, 1.807) is 0 Å². The van der Waals surface area contributed by atoms with Crippen LogP contribution in [0, 0.1) is 12.8 Å². The maximum atomic E-state index is 5.95. The number of likely N-dealkylation sites (tertiary alicyclic amines) is 1. The van der Waals surface area contributed by atoms with Crippen molar-refractivity contribution in [1.82, 2.24) is 19.4 Å². The van der Waals surface area contributed by atoms with Crippen LogP contribution in [0.1, 0.15) is 24.4 Å². The first-order chi connectivity index (χ1) is 10.2. The van der Waals surface area contributed by atoms with E-state index in [4.69, 9.17) is 21.6 Å². The molecule has 1 fully saturated rings. The Morgan fingerprint density at radius 2 is 2.19 bits per heavy atom. The Morgan fingerprint density at radius 3 is 2.95 bits per heavy atom. The summed E-state index contributed by atoms with van der Waals surface area (Å²) in [6.07, 6.45) is 3.38. The van der Waals surface area contributed by atoms with Crippen molar-refractivity contribution in [1.29, 1.82) is 0 Å². The highest BCUT2D eigenvalue weighted by Crippen LogP contribution is 2.22. The third-order valence-electron chi connectivity index (χ3n) is 4.29. The highest BCUT2D eigenvalue weighted by molar-refractivity contribution is 6.17. The Labute approximate surface area is 131 Å². The van der Waals surface area contributed by atoms with Crippen molar-refractivity contribution in [3.63, 3.8) is 0 Å². The number of pyridine rings is 1. The van der Waals surface area contributed by atoms with Crippen LogP contribution in [0.5, 0.6) is 0 Å². The van der Waals surface area contributed by atoms with E-state index < -0.39 is 0 Å². The number of alkyl halides is 1. The number of hydrogen-bond donors (Lipinski definition) is 0. The lowest BCUT2D eigenvalue weighted by Gasteiger charge is -2.30. The van der Waals surface area contributed by atoms with E-state index in [9.17, 15) is 0 Å². The second kappa shape index (κ2) is 6.32. The topological polar surface area (TPSA) is 34.0 Å². The number of aryl methyl sites for hydroxylation is 2. The van der Waals surface area contributed by atoms with Gasteiger partial charge in [-0.15, -0.1) is 11.6 Å². The fraction of sp³-hybridized carbons (Fsp3) is 0.625. The Balaban J connectivity index is 1.94. The monoisotopic (exact) mass is 306 g/mol. The van der Waals surface area contributed by atoms with Crippen LogP contribution in [-0.4, -0.2) is 45.5 Å². The normalized spacial score (nSPS) is 20.2. The van der Waals surface area contributed by atoms with E-state index in [-0.39, 0.29) is 0 Å². The fourth-order valence-electron chi connectivity index (χ4n) is 3.29. The molecule has 3 heterocycles. The van der Waals surface area contributed by atoms with Gasteiger partial charge in [0.1, 0.15) is 11.3 Å². The molecule has 1 atom stereocenters. The molecule has 21 heavy (non-hydrogen) atoms. The molecule has 1 aliphatic heterocycles. The predicted molar refractivity (Wildman–Crippen MR) is 86.9 cm³/mol. The van der Waals surface area contributed by atoms with Crippen LogP contribution in [0.3, 0.4) is 0 Å². The molecule has 0 bridgehead atoms. The smallest absolute Gasteiger partial charge is 0.160 e. The lowest BCUT2D eigenvalue weighted by Crippen LogP contribution is -2.34. The molecule has 1 aliphatic rings. The number of rotatable bonds is 4. The number of halogens is 1. The summed E-state index contributed by atoms with van der Waals surface area (Å²) in [5, 5.41) is 0. The van der Waals surface area contributed by atoms with E-state index in [0.29, 0.717) is 11.8 Å². The Morgan fingerprint density at radius 1 is 1.33 bits per heavy atom. The molecule has 1 saturated heterocycles. The predicted octanol–water partition coefficient (Wildman–Crippen LogP) is 2.86. The number of aromatic nitrogens is 3. The summed E-state index contributed by atoms with van der Waals surface area (Å²) in [6.45, 7) is 5.41. The van der Waals surface area contributed by atoms with Gasteiger partial charge < -0.3 is 9.47 Å². The summed E-state index contributed by atoms with van der Waals surface area (Å²) in [7, 11) is 2.21. The molecule has 1 unspecified atom stereocenters. The maximum Gasteiger partial charge on any atom is 0.160 e. The molecule has 0 spiro atoms. The van der Waals surface area contributed by atoms with Gasteiger partial charge in [-0.2, -0.15) is 0 Å². The molecule has 114 valence electrons. The van der Waals surface area contributed by atoms with Crippen LogP contribution in [0.25, 0.3) is 11.2 Å². The Bertz CT molecular complexity index is 622. The molecule has 2 aromatic rings. The van der Waals surface area contributed by atoms with Crippen LogP contribution in [0.4, 0.5) is 0 Å². The molecule has 4 nitrogen and oxygen atoms in total. The minimum absolute atomic E-state index is 0.604. The number of hydrogen-bond acceptors (Lipinski definition) is 3. The summed E-state index contributed by atoms with van der Waals surface area (Å²) in [4.78, 5) is 11.9. The zero-order valence-corrected chi connectivity index (χ0v) is 13.6. The molecule has 2 aromatic heterocycles. The van der Waals surface area contributed by atoms with Gasteiger partial charge in [-0.25, -0.2) is 9.97 Å². The van der Waals surface area contributed by atoms with Crippen molar-refractivity contribution in [2.24, 2.45) is 5.92 Å². The van der Waals surface area contributed by atoms with Crippen molar-refractivity contribution in [2.45, 2.75) is 32.7 Å². The van der Waals surface area contributed by atoms with Gasteiger partial charge in [-0.3, -0.25) is 0 Å². The van der Waals surface area contributed by atoms with Gasteiger partial charge in [-0.1, -0.05) is 0 Å².